The fourth-order valence-corrected chi connectivity index (χ4v) is 20.9. The van der Waals surface area contributed by atoms with Crippen molar-refractivity contribution in [3.05, 3.63) is 198 Å². The number of hydrogen-bond acceptors (Lipinski definition) is 18. The van der Waals surface area contributed by atoms with Crippen molar-refractivity contribution in [2.24, 2.45) is 14.1 Å². The first kappa shape index (κ1) is 85.9. The molecule has 11 aromatic rings. The van der Waals surface area contributed by atoms with E-state index in [0.29, 0.717) is 109 Å². The van der Waals surface area contributed by atoms with Gasteiger partial charge >= 0.3 is 0 Å². The summed E-state index contributed by atoms with van der Waals surface area (Å²) in [5.41, 5.74) is 26.1. The lowest BCUT2D eigenvalue weighted by atomic mass is 9.90. The van der Waals surface area contributed by atoms with E-state index in [2.05, 4.69) is 87.8 Å². The summed E-state index contributed by atoms with van der Waals surface area (Å²) in [6.45, 7) is 21.2. The molecule has 0 radical (unpaired) electrons. The molecule has 129 heavy (non-hydrogen) atoms. The van der Waals surface area contributed by atoms with Crippen LogP contribution in [0.2, 0.25) is 0 Å². The van der Waals surface area contributed by atoms with Gasteiger partial charge in [-0.15, -0.1) is 0 Å². The number of carbonyl (C=O) groups excluding carboxylic acids is 7. The number of aryl methyl sites for hydroxylation is 2. The lowest BCUT2D eigenvalue weighted by molar-refractivity contribution is -0.130. The summed E-state index contributed by atoms with van der Waals surface area (Å²) in [6, 6.07) is 27.5. The molecular weight excluding hydrogens is 1640 g/mol. The molecule has 22 rings (SSSR count). The van der Waals surface area contributed by atoms with Crippen molar-refractivity contribution in [2.75, 3.05) is 88.8 Å². The Labute approximate surface area is 747 Å². The first-order valence-electron chi connectivity index (χ1n) is 45.7. The lowest BCUT2D eigenvalue weighted by Crippen LogP contribution is -2.37. The van der Waals surface area contributed by atoms with Crippen LogP contribution in [0.3, 0.4) is 0 Å². The Morgan fingerprint density at radius 3 is 1.18 bits per heavy atom. The van der Waals surface area contributed by atoms with Crippen LogP contribution < -0.4 is 20.7 Å². The topological polar surface area (TPSA) is 328 Å². The lowest BCUT2D eigenvalue weighted by Gasteiger charge is -2.30. The number of aromatic nitrogens is 13. The summed E-state index contributed by atoms with van der Waals surface area (Å²) in [5.74, 6) is 0.504. The number of amides is 7. The second-order valence-corrected chi connectivity index (χ2v) is 35.8. The number of fused-ring (bicyclic) bond motifs is 8. The van der Waals surface area contributed by atoms with Gasteiger partial charge in [-0.3, -0.25) is 66.4 Å². The van der Waals surface area contributed by atoms with Crippen molar-refractivity contribution in [3.63, 3.8) is 0 Å². The van der Waals surface area contributed by atoms with Crippen molar-refractivity contribution in [3.8, 4) is 45.0 Å². The van der Waals surface area contributed by atoms with Gasteiger partial charge in [-0.05, 0) is 102 Å². The van der Waals surface area contributed by atoms with Gasteiger partial charge in [0.05, 0.1) is 109 Å². The summed E-state index contributed by atoms with van der Waals surface area (Å²) in [5, 5.41) is 33.9. The molecule has 18 heterocycles. The average molecular weight is 1750 g/mol. The zero-order valence-corrected chi connectivity index (χ0v) is 74.6. The van der Waals surface area contributed by atoms with Crippen LogP contribution in [0, 0.1) is 6.92 Å². The molecule has 4 fully saturated rings. The van der Waals surface area contributed by atoms with Gasteiger partial charge in [0.15, 0.2) is 0 Å². The van der Waals surface area contributed by atoms with E-state index in [1.54, 1.807) is 66.6 Å². The molecule has 0 spiro atoms. The predicted octanol–water partition coefficient (Wildman–Crippen LogP) is 10.2. The highest BCUT2D eigenvalue weighted by molar-refractivity contribution is 6.00. The molecule has 32 heteroatoms. The van der Waals surface area contributed by atoms with E-state index in [1.807, 2.05) is 76.0 Å². The Balaban J connectivity index is 0.000000112. The van der Waals surface area contributed by atoms with E-state index in [-0.39, 0.29) is 46.9 Å². The fourth-order valence-electron chi connectivity index (χ4n) is 20.9. The largest absolute Gasteiger partial charge is 0.381 e. The van der Waals surface area contributed by atoms with Crippen LogP contribution in [-0.2, 0) is 157 Å². The molecule has 672 valence electrons. The zero-order chi connectivity index (χ0) is 89.0. The molecule has 4 saturated heterocycles. The molecule has 0 bridgehead atoms. The highest BCUT2D eigenvalue weighted by Crippen LogP contribution is 2.45. The Kier molecular flexibility index (Phi) is 24.3. The monoisotopic (exact) mass is 1750 g/mol. The van der Waals surface area contributed by atoms with Crippen LogP contribution in [0.1, 0.15) is 187 Å². The summed E-state index contributed by atoms with van der Waals surface area (Å²) in [7, 11) is 3.74. The maximum Gasteiger partial charge on any atom is 0.248 e. The molecule has 11 aliphatic heterocycles. The molecule has 0 atom stereocenters. The van der Waals surface area contributed by atoms with Crippen LogP contribution in [0.15, 0.2) is 108 Å². The van der Waals surface area contributed by atoms with Gasteiger partial charge in [0.2, 0.25) is 46.9 Å². The molecule has 0 unspecified atom stereocenters. The average Bonchev–Trinajstić information content (AvgIpc) is 1.62. The number of H-pyrrole nitrogens is 1. The number of benzene rings is 4. The number of rotatable bonds is 10. The summed E-state index contributed by atoms with van der Waals surface area (Å²) in [6.07, 6.45) is 18.9. The van der Waals surface area contributed by atoms with E-state index in [9.17, 15) is 38.4 Å². The van der Waals surface area contributed by atoms with E-state index in [1.165, 1.54) is 22.8 Å². The first-order valence-corrected chi connectivity index (χ1v) is 45.7. The number of anilines is 2. The van der Waals surface area contributed by atoms with Gasteiger partial charge in [0.1, 0.15) is 0 Å². The van der Waals surface area contributed by atoms with E-state index >= 15 is 0 Å². The Bertz CT molecular complexity index is 6250. The van der Waals surface area contributed by atoms with E-state index < -0.39 is 0 Å². The Morgan fingerprint density at radius 2 is 0.791 bits per heavy atom. The Morgan fingerprint density at radius 1 is 0.419 bits per heavy atom. The third kappa shape index (κ3) is 17.0. The van der Waals surface area contributed by atoms with Crippen molar-refractivity contribution < 1.29 is 52.5 Å². The van der Waals surface area contributed by atoms with Crippen LogP contribution >= 0.6 is 0 Å². The van der Waals surface area contributed by atoms with E-state index in [4.69, 9.17) is 39.3 Å². The van der Waals surface area contributed by atoms with Crippen LogP contribution in [0.25, 0.3) is 55.8 Å². The fraction of sp³-hybridized carbons (Fsp3) is 0.464. The molecule has 2 N–H and O–H groups in total. The van der Waals surface area contributed by atoms with Crippen molar-refractivity contribution >= 4 is 63.5 Å². The predicted molar refractivity (Wildman–Crippen MR) is 481 cm³/mol. The molecule has 32 nitrogen and oxygen atoms in total. The van der Waals surface area contributed by atoms with Gasteiger partial charge in [-0.25, -0.2) is 0 Å². The summed E-state index contributed by atoms with van der Waals surface area (Å²) < 4.78 is 34.6. The SMILES string of the molecule is CC(=O)N1CCc2c(c(-c3cccc4c3CC(=O)N(c3cnn(C)c3)C4)nn2C2CCOCC2)C1.CC(=O)N1CCc2c(c(-c3cccc4c3CC(=O)N(c3cnn(C)c3C)C4)nn2C2CCOCC2)C1.CC(=O)N1CCc2c(c(-c3cccc4c3CC(=O)NC4)nn2C2CCOCC2)C1.CC(=O)N1CCc2c(c(-c3cccc4c[nH]c(=O)cc34)nn2C2CCOCC2)C1. The maximum absolute atomic E-state index is 13.4. The number of nitrogens with zero attached hydrogens (tertiary/aromatic N) is 18. The standard InChI is InChI=1S/C27H32N6O3.C26H30N6O3.C22H26N4O3.C22H24N4O3/c1-17-25(14-28-30(17)3)32-15-19-5-4-6-21(22(19)13-26(32)35)27-23-16-31(18(2)34)10-7-24(23)33(29-27)20-8-11-36-12-9-20;1-17(33)30-9-6-24-23(16-30)26(28-32(24)19-7-10-35-11-8-19)21-5-3-4-18-14-31(25(34)12-22(18)21)20-13-27-29(2)15-20;2*1-14(27)25-8-5-20-19(13-25)22(24-26(20)16-6-9-29-10-7-16)17-4-2-3-15-12-23-21(28)11-18(15)17/h4-6,14,20H,7-13,15-16H2,1-3H3;3-5,13,15,19H,6-12,14,16H2,1-2H3;2-4,16H,5-13H2,1H3,(H,23,28);2-4,11-12,16H,5-10,13H2,1H3,(H,23,28). The minimum atomic E-state index is -0.131. The Hall–Kier alpha value is -12.5. The number of carbonyl (C=O) groups is 7. The number of pyridine rings is 1. The van der Waals surface area contributed by atoms with Gasteiger partial charge < -0.3 is 58.6 Å². The minimum Gasteiger partial charge on any atom is -0.381 e. The number of ether oxygens (including phenoxy) is 4. The maximum atomic E-state index is 13.4. The van der Waals surface area contributed by atoms with Crippen LogP contribution in [0.5, 0.6) is 0 Å². The second-order valence-electron chi connectivity index (χ2n) is 35.8. The molecule has 0 saturated carbocycles. The highest BCUT2D eigenvalue weighted by atomic mass is 16.5. The molecule has 0 aliphatic carbocycles. The van der Waals surface area contributed by atoms with Crippen molar-refractivity contribution in [1.82, 2.24) is 88.6 Å². The van der Waals surface area contributed by atoms with Crippen LogP contribution in [-0.4, -0.2) is 204 Å². The summed E-state index contributed by atoms with van der Waals surface area (Å²) >= 11 is 0. The normalized spacial score (nSPS) is 18.5. The quantitative estimate of drug-likeness (QED) is 0.128. The second kappa shape index (κ2) is 36.6. The van der Waals surface area contributed by atoms with Gasteiger partial charge in [0, 0.05) is 265 Å². The smallest absolute Gasteiger partial charge is 0.248 e. The molecular formula is C97H112N20O12. The number of hydrogen-bond donors (Lipinski definition) is 2. The molecule has 4 aromatic carbocycles. The third-order valence-corrected chi connectivity index (χ3v) is 28.1. The highest BCUT2D eigenvalue weighted by Gasteiger charge is 2.40. The minimum absolute atomic E-state index is 0.0491. The zero-order valence-electron chi connectivity index (χ0n) is 74.6. The third-order valence-electron chi connectivity index (χ3n) is 28.1. The van der Waals surface area contributed by atoms with Crippen LogP contribution in [0.4, 0.5) is 11.4 Å². The van der Waals surface area contributed by atoms with Gasteiger partial charge in [0.25, 0.3) is 0 Å². The van der Waals surface area contributed by atoms with Gasteiger partial charge in [-0.1, -0.05) is 72.8 Å². The van der Waals surface area contributed by atoms with Crippen molar-refractivity contribution in [1.29, 1.82) is 0 Å². The van der Waals surface area contributed by atoms with Gasteiger partial charge in [-0.2, -0.15) is 30.6 Å². The molecule has 7 aromatic heterocycles. The van der Waals surface area contributed by atoms with Crippen molar-refractivity contribution in [2.45, 2.75) is 201 Å². The first-order chi connectivity index (χ1) is 62.6. The molecule has 7 amide bonds. The number of aromatic amines is 1. The number of nitrogens with one attached hydrogen (secondary N) is 2. The van der Waals surface area contributed by atoms with E-state index in [0.717, 1.165) is 265 Å². The molecule has 11 aliphatic rings. The summed E-state index contributed by atoms with van der Waals surface area (Å²) in [4.78, 5) is 113.